The van der Waals surface area contributed by atoms with Gasteiger partial charge in [-0.3, -0.25) is 14.4 Å². The first kappa shape index (κ1) is 45.1. The molecular formula is C40H57Cl2N5O6. The highest BCUT2D eigenvalue weighted by Gasteiger charge is 2.24. The van der Waals surface area contributed by atoms with Crippen LogP contribution in [0.1, 0.15) is 78.1 Å². The lowest BCUT2D eigenvalue weighted by atomic mass is 10.0. The van der Waals surface area contributed by atoms with Crippen molar-refractivity contribution in [2.45, 2.75) is 70.9 Å². The van der Waals surface area contributed by atoms with Gasteiger partial charge in [0.1, 0.15) is 17.2 Å². The Morgan fingerprint density at radius 1 is 0.925 bits per heavy atom. The zero-order chi connectivity index (χ0) is 36.9. The molecule has 0 saturated carbocycles. The Morgan fingerprint density at radius 2 is 1.64 bits per heavy atom. The average Bonchev–Trinajstić information content (AvgIpc) is 3.12. The molecule has 13 heteroatoms. The first-order valence-corrected chi connectivity index (χ1v) is 17.9. The van der Waals surface area contributed by atoms with Gasteiger partial charge in [-0.2, -0.15) is 0 Å². The lowest BCUT2D eigenvalue weighted by Crippen LogP contribution is -2.44. The van der Waals surface area contributed by atoms with Gasteiger partial charge in [0.2, 0.25) is 5.91 Å². The average molecular weight is 775 g/mol. The van der Waals surface area contributed by atoms with Crippen LogP contribution in [0.4, 0.5) is 11.4 Å². The summed E-state index contributed by atoms with van der Waals surface area (Å²) in [5, 5.41) is 2.90. The Bertz CT molecular complexity index is 1630. The largest absolute Gasteiger partial charge is 0.495 e. The van der Waals surface area contributed by atoms with E-state index in [2.05, 4.69) is 24.3 Å². The van der Waals surface area contributed by atoms with E-state index in [0.717, 1.165) is 50.8 Å². The van der Waals surface area contributed by atoms with Crippen molar-refractivity contribution < 1.29 is 28.6 Å². The van der Waals surface area contributed by atoms with E-state index in [4.69, 9.17) is 19.9 Å². The number of nitrogens with two attached hydrogens (primary N) is 1. The molecule has 3 aromatic carbocycles. The molecule has 3 aromatic rings. The number of carbonyl (C=O) groups is 3. The molecule has 11 nitrogen and oxygen atoms in total. The summed E-state index contributed by atoms with van der Waals surface area (Å²) in [5.74, 6) is 1.03. The molecule has 3 N–H and O–H groups in total. The molecule has 1 saturated heterocycles. The molecule has 1 heterocycles. The number of nitrogens with zero attached hydrogens (tertiary/aromatic N) is 3. The zero-order valence-corrected chi connectivity index (χ0v) is 33.5. The van der Waals surface area contributed by atoms with Crippen molar-refractivity contribution in [2.75, 3.05) is 64.7 Å². The number of hydrogen-bond acceptors (Lipinski definition) is 8. The number of hydrogen-bond donors (Lipinski definition) is 2. The number of para-hydroxylation sites is 1. The van der Waals surface area contributed by atoms with E-state index in [1.807, 2.05) is 43.0 Å². The number of benzene rings is 3. The van der Waals surface area contributed by atoms with E-state index in [0.29, 0.717) is 71.8 Å². The normalized spacial score (nSPS) is 13.3. The van der Waals surface area contributed by atoms with Crippen molar-refractivity contribution in [1.82, 2.24) is 9.80 Å². The molecule has 0 radical (unpaired) electrons. The van der Waals surface area contributed by atoms with E-state index < -0.39 is 0 Å². The third-order valence-corrected chi connectivity index (χ3v) is 9.35. The van der Waals surface area contributed by atoms with Gasteiger partial charge in [0.25, 0.3) is 11.8 Å². The highest BCUT2D eigenvalue weighted by atomic mass is 35.5. The van der Waals surface area contributed by atoms with Crippen LogP contribution < -0.4 is 30.2 Å². The lowest BCUT2D eigenvalue weighted by molar-refractivity contribution is -0.132. The Morgan fingerprint density at radius 3 is 2.32 bits per heavy atom. The summed E-state index contributed by atoms with van der Waals surface area (Å²) < 4.78 is 17.8. The van der Waals surface area contributed by atoms with Gasteiger partial charge in [-0.25, -0.2) is 0 Å². The lowest BCUT2D eigenvalue weighted by Gasteiger charge is -2.35. The van der Waals surface area contributed by atoms with Crippen LogP contribution in [0, 0.1) is 6.92 Å². The van der Waals surface area contributed by atoms with Crippen LogP contribution in [0.15, 0.2) is 60.7 Å². The predicted octanol–water partition coefficient (Wildman–Crippen LogP) is 6.98. The molecular weight excluding hydrogens is 717 g/mol. The van der Waals surface area contributed by atoms with Crippen LogP contribution in [0.2, 0.25) is 0 Å². The summed E-state index contributed by atoms with van der Waals surface area (Å²) in [4.78, 5) is 45.5. The second-order valence-electron chi connectivity index (χ2n) is 13.4. The number of likely N-dealkylation sites (tertiary alicyclic amines) is 1. The molecule has 0 aliphatic carbocycles. The maximum absolute atomic E-state index is 13.7. The Hall–Kier alpha value is -4.03. The number of amides is 3. The number of piperidine rings is 1. The molecule has 4 rings (SSSR count). The summed E-state index contributed by atoms with van der Waals surface area (Å²) in [7, 11) is 7.40. The van der Waals surface area contributed by atoms with Gasteiger partial charge in [-0.1, -0.05) is 18.2 Å². The number of halogens is 2. The standard InChI is InChI=1S/C40H55N5O6.2ClH/c1-28-15-18-34(37(26-28)50-25-11-7-8-14-38(46)45-23-20-31(21-24-45)43(3)4)44(5)40(48)30-16-17-33(36(27-30)49-6)42-39(47)32-12-9-10-13-35(32)51-29(2)19-22-41;;/h9-10,12-13,15-18,26-27,29,31H,7-8,11,14,19-25,41H2,1-6H3,(H,42,47);2*1H. The van der Waals surface area contributed by atoms with Crippen LogP contribution in [-0.4, -0.2) is 94.2 Å². The molecule has 1 aliphatic heterocycles. The van der Waals surface area contributed by atoms with Crippen LogP contribution in [0.3, 0.4) is 0 Å². The number of carbonyl (C=O) groups excluding carboxylic acids is 3. The van der Waals surface area contributed by atoms with Gasteiger partial charge >= 0.3 is 0 Å². The number of ether oxygens (including phenoxy) is 3. The second-order valence-corrected chi connectivity index (χ2v) is 13.4. The van der Waals surface area contributed by atoms with Gasteiger partial charge in [0.05, 0.1) is 36.8 Å². The van der Waals surface area contributed by atoms with E-state index in [1.165, 1.54) is 7.11 Å². The minimum absolute atomic E-state index is 0. The van der Waals surface area contributed by atoms with Crippen molar-refractivity contribution >= 4 is 53.9 Å². The topological polar surface area (TPSA) is 127 Å². The summed E-state index contributed by atoms with van der Waals surface area (Å²) in [6, 6.07) is 18.2. The van der Waals surface area contributed by atoms with Crippen LogP contribution in [0.25, 0.3) is 0 Å². The van der Waals surface area contributed by atoms with Gasteiger partial charge in [0.15, 0.2) is 0 Å². The van der Waals surface area contributed by atoms with E-state index in [9.17, 15) is 14.4 Å². The summed E-state index contributed by atoms with van der Waals surface area (Å²) in [6.07, 6.45) is 5.62. The molecule has 292 valence electrons. The Labute approximate surface area is 327 Å². The van der Waals surface area contributed by atoms with Crippen molar-refractivity contribution in [1.29, 1.82) is 0 Å². The highest BCUT2D eigenvalue weighted by Crippen LogP contribution is 2.33. The number of unbranched alkanes of at least 4 members (excludes halogenated alkanes) is 2. The first-order chi connectivity index (χ1) is 24.5. The molecule has 0 spiro atoms. The van der Waals surface area contributed by atoms with Gasteiger partial charge in [0, 0.05) is 38.2 Å². The predicted molar refractivity (Wildman–Crippen MR) is 217 cm³/mol. The smallest absolute Gasteiger partial charge is 0.259 e. The van der Waals surface area contributed by atoms with Crippen LogP contribution in [-0.2, 0) is 4.79 Å². The quantitative estimate of drug-likeness (QED) is 0.141. The monoisotopic (exact) mass is 773 g/mol. The highest BCUT2D eigenvalue weighted by molar-refractivity contribution is 6.09. The summed E-state index contributed by atoms with van der Waals surface area (Å²) >= 11 is 0. The maximum Gasteiger partial charge on any atom is 0.259 e. The number of aryl methyl sites for hydroxylation is 1. The molecule has 3 amide bonds. The van der Waals surface area contributed by atoms with E-state index in [-0.39, 0.29) is 48.6 Å². The molecule has 0 bridgehead atoms. The molecule has 1 atom stereocenters. The third-order valence-electron chi connectivity index (χ3n) is 9.35. The minimum atomic E-state index is -0.367. The fourth-order valence-electron chi connectivity index (χ4n) is 6.23. The Balaban J connectivity index is 0.00000486. The van der Waals surface area contributed by atoms with Gasteiger partial charge in [-0.05, 0) is 121 Å². The fraction of sp³-hybridized carbons (Fsp3) is 0.475. The van der Waals surface area contributed by atoms with Gasteiger partial charge in [-0.15, -0.1) is 24.8 Å². The van der Waals surface area contributed by atoms with Crippen molar-refractivity contribution in [3.63, 3.8) is 0 Å². The van der Waals surface area contributed by atoms with Crippen molar-refractivity contribution in [3.05, 3.63) is 77.4 Å². The number of anilines is 2. The molecule has 1 fully saturated rings. The third kappa shape index (κ3) is 12.8. The van der Waals surface area contributed by atoms with E-state index in [1.54, 1.807) is 48.3 Å². The number of rotatable bonds is 17. The molecule has 1 aliphatic rings. The van der Waals surface area contributed by atoms with Crippen molar-refractivity contribution in [2.24, 2.45) is 5.73 Å². The summed E-state index contributed by atoms with van der Waals surface area (Å²) in [5.41, 5.74) is 8.49. The number of nitrogens with one attached hydrogen (secondary N) is 1. The number of methoxy groups -OCH3 is 1. The fourth-order valence-corrected chi connectivity index (χ4v) is 6.23. The van der Waals surface area contributed by atoms with Crippen LogP contribution >= 0.6 is 24.8 Å². The van der Waals surface area contributed by atoms with Gasteiger partial charge < -0.3 is 40.0 Å². The molecule has 0 aromatic heterocycles. The van der Waals surface area contributed by atoms with E-state index >= 15 is 0 Å². The Kier molecular flexibility index (Phi) is 18.9. The second kappa shape index (κ2) is 22.2. The molecule has 53 heavy (non-hydrogen) atoms. The van der Waals surface area contributed by atoms with Crippen LogP contribution in [0.5, 0.6) is 17.2 Å². The maximum atomic E-state index is 13.7. The molecule has 1 unspecified atom stereocenters. The minimum Gasteiger partial charge on any atom is -0.495 e. The SMILES string of the molecule is COc1cc(C(=O)N(C)c2ccc(C)cc2OCCCCCC(=O)N2CCC(N(C)C)CC2)ccc1NC(=O)c1ccccc1OC(C)CCN.Cl.Cl. The summed E-state index contributed by atoms with van der Waals surface area (Å²) in [6.45, 7) is 6.51. The zero-order valence-electron chi connectivity index (χ0n) is 31.9. The first-order valence-electron chi connectivity index (χ1n) is 17.9. The van der Waals surface area contributed by atoms with Crippen molar-refractivity contribution in [3.8, 4) is 17.2 Å².